The number of aryl methyl sites for hydroxylation is 1. The van der Waals surface area contributed by atoms with E-state index in [9.17, 15) is 4.79 Å². The molecule has 1 aromatic rings. The monoisotopic (exact) mass is 260 g/mol. The average molecular weight is 260 g/mol. The molecular formula is C16H24N2O. The topological polar surface area (TPSA) is 41.1 Å². The number of rotatable bonds is 4. The van der Waals surface area contributed by atoms with E-state index in [1.807, 2.05) is 12.1 Å². The molecular weight excluding hydrogens is 236 g/mol. The Morgan fingerprint density at radius 3 is 2.89 bits per heavy atom. The second kappa shape index (κ2) is 6.09. The van der Waals surface area contributed by atoms with Gasteiger partial charge in [-0.05, 0) is 43.7 Å². The molecule has 1 aliphatic heterocycles. The fraction of sp³-hybridized carbons (Fsp3) is 0.562. The van der Waals surface area contributed by atoms with E-state index >= 15 is 0 Å². The standard InChI is InChI=1S/C16H24N2O/c1-11(2)10-12(3)18-16(19)14-8-4-6-13-7-5-9-17-15(13)14/h4,6,8,11-12,17H,5,7,9-10H2,1-3H3,(H,18,19). The summed E-state index contributed by atoms with van der Waals surface area (Å²) in [6.45, 7) is 7.38. The molecule has 1 heterocycles. The van der Waals surface area contributed by atoms with Crippen LogP contribution in [-0.4, -0.2) is 18.5 Å². The van der Waals surface area contributed by atoms with E-state index in [0.29, 0.717) is 5.92 Å². The molecule has 2 N–H and O–H groups in total. The molecule has 1 atom stereocenters. The number of hydrogen-bond donors (Lipinski definition) is 2. The summed E-state index contributed by atoms with van der Waals surface area (Å²) in [7, 11) is 0. The Labute approximate surface area is 115 Å². The van der Waals surface area contributed by atoms with Gasteiger partial charge in [0.05, 0.1) is 11.3 Å². The van der Waals surface area contributed by atoms with Gasteiger partial charge in [-0.15, -0.1) is 0 Å². The van der Waals surface area contributed by atoms with Gasteiger partial charge in [-0.3, -0.25) is 4.79 Å². The van der Waals surface area contributed by atoms with Crippen molar-refractivity contribution in [1.82, 2.24) is 5.32 Å². The van der Waals surface area contributed by atoms with E-state index in [1.54, 1.807) is 0 Å². The molecule has 1 aromatic carbocycles. The van der Waals surface area contributed by atoms with Crippen molar-refractivity contribution in [3.05, 3.63) is 29.3 Å². The first-order valence-electron chi connectivity index (χ1n) is 7.24. The van der Waals surface area contributed by atoms with Crippen molar-refractivity contribution < 1.29 is 4.79 Å². The molecule has 3 heteroatoms. The van der Waals surface area contributed by atoms with Gasteiger partial charge in [-0.1, -0.05) is 26.0 Å². The van der Waals surface area contributed by atoms with E-state index < -0.39 is 0 Å². The van der Waals surface area contributed by atoms with Gasteiger partial charge in [0.25, 0.3) is 5.91 Å². The summed E-state index contributed by atoms with van der Waals surface area (Å²) >= 11 is 0. The Morgan fingerprint density at radius 1 is 1.37 bits per heavy atom. The van der Waals surface area contributed by atoms with Crippen LogP contribution in [-0.2, 0) is 6.42 Å². The number of para-hydroxylation sites is 1. The van der Waals surface area contributed by atoms with Crippen LogP contribution in [0.3, 0.4) is 0 Å². The van der Waals surface area contributed by atoms with Crippen molar-refractivity contribution >= 4 is 11.6 Å². The zero-order chi connectivity index (χ0) is 13.8. The predicted molar refractivity (Wildman–Crippen MR) is 79.6 cm³/mol. The summed E-state index contributed by atoms with van der Waals surface area (Å²) in [4.78, 5) is 12.4. The summed E-state index contributed by atoms with van der Waals surface area (Å²) in [5.74, 6) is 0.637. The van der Waals surface area contributed by atoms with Crippen molar-refractivity contribution in [3.8, 4) is 0 Å². The third kappa shape index (κ3) is 3.49. The van der Waals surface area contributed by atoms with Crippen LogP contribution in [0, 0.1) is 5.92 Å². The number of benzene rings is 1. The van der Waals surface area contributed by atoms with Gasteiger partial charge < -0.3 is 10.6 Å². The molecule has 3 nitrogen and oxygen atoms in total. The minimum atomic E-state index is 0.0411. The van der Waals surface area contributed by atoms with Crippen LogP contribution in [0.2, 0.25) is 0 Å². The molecule has 0 spiro atoms. The van der Waals surface area contributed by atoms with Crippen molar-refractivity contribution in [2.75, 3.05) is 11.9 Å². The maximum Gasteiger partial charge on any atom is 0.253 e. The van der Waals surface area contributed by atoms with Gasteiger partial charge >= 0.3 is 0 Å². The lowest BCUT2D eigenvalue weighted by Crippen LogP contribution is -2.34. The summed E-state index contributed by atoms with van der Waals surface area (Å²) in [6, 6.07) is 6.21. The number of nitrogens with one attached hydrogen (secondary N) is 2. The first-order chi connectivity index (χ1) is 9.08. The second-order valence-electron chi connectivity index (χ2n) is 5.87. The molecule has 0 aromatic heterocycles. The maximum atomic E-state index is 12.4. The third-order valence-corrected chi connectivity index (χ3v) is 3.52. The largest absolute Gasteiger partial charge is 0.384 e. The quantitative estimate of drug-likeness (QED) is 0.872. The number of hydrogen-bond acceptors (Lipinski definition) is 2. The average Bonchev–Trinajstić information content (AvgIpc) is 2.36. The van der Waals surface area contributed by atoms with Crippen LogP contribution in [0.4, 0.5) is 5.69 Å². The molecule has 19 heavy (non-hydrogen) atoms. The van der Waals surface area contributed by atoms with Crippen LogP contribution in [0.5, 0.6) is 0 Å². The Hall–Kier alpha value is -1.51. The van der Waals surface area contributed by atoms with Gasteiger partial charge in [0, 0.05) is 12.6 Å². The summed E-state index contributed by atoms with van der Waals surface area (Å²) in [5, 5.41) is 6.46. The Bertz CT molecular complexity index is 454. The molecule has 0 bridgehead atoms. The lowest BCUT2D eigenvalue weighted by Gasteiger charge is -2.22. The fourth-order valence-corrected chi connectivity index (χ4v) is 2.77. The van der Waals surface area contributed by atoms with Crippen molar-refractivity contribution in [1.29, 1.82) is 0 Å². The maximum absolute atomic E-state index is 12.4. The molecule has 1 aliphatic rings. The van der Waals surface area contributed by atoms with Crippen LogP contribution < -0.4 is 10.6 Å². The molecule has 1 unspecified atom stereocenters. The lowest BCUT2D eigenvalue weighted by molar-refractivity contribution is 0.0937. The predicted octanol–water partition coefficient (Wildman–Crippen LogP) is 3.21. The Balaban J connectivity index is 2.11. The van der Waals surface area contributed by atoms with Crippen LogP contribution in [0.15, 0.2) is 18.2 Å². The normalized spacial score (nSPS) is 15.6. The molecule has 2 rings (SSSR count). The van der Waals surface area contributed by atoms with Crippen molar-refractivity contribution in [3.63, 3.8) is 0 Å². The Morgan fingerprint density at radius 2 is 2.16 bits per heavy atom. The SMILES string of the molecule is CC(C)CC(C)NC(=O)c1cccc2c1NCCC2. The summed E-state index contributed by atoms with van der Waals surface area (Å²) in [6.07, 6.45) is 3.21. The highest BCUT2D eigenvalue weighted by molar-refractivity contribution is 6.00. The number of anilines is 1. The molecule has 0 aliphatic carbocycles. The molecule has 1 amide bonds. The summed E-state index contributed by atoms with van der Waals surface area (Å²) < 4.78 is 0. The molecule has 0 saturated carbocycles. The van der Waals surface area contributed by atoms with Gasteiger partial charge in [0.15, 0.2) is 0 Å². The van der Waals surface area contributed by atoms with Crippen molar-refractivity contribution in [2.24, 2.45) is 5.92 Å². The molecule has 0 radical (unpaired) electrons. The lowest BCUT2D eigenvalue weighted by atomic mass is 9.98. The zero-order valence-electron chi connectivity index (χ0n) is 12.1. The molecule has 0 fully saturated rings. The molecule has 104 valence electrons. The number of fused-ring (bicyclic) bond motifs is 1. The fourth-order valence-electron chi connectivity index (χ4n) is 2.77. The van der Waals surface area contributed by atoms with Gasteiger partial charge in [0.1, 0.15) is 0 Å². The third-order valence-electron chi connectivity index (χ3n) is 3.52. The number of amides is 1. The first-order valence-corrected chi connectivity index (χ1v) is 7.24. The highest BCUT2D eigenvalue weighted by atomic mass is 16.1. The van der Waals surface area contributed by atoms with Gasteiger partial charge in [0.2, 0.25) is 0 Å². The van der Waals surface area contributed by atoms with Gasteiger partial charge in [-0.25, -0.2) is 0 Å². The highest BCUT2D eigenvalue weighted by Crippen LogP contribution is 2.26. The first kappa shape index (κ1) is 13.9. The van der Waals surface area contributed by atoms with Gasteiger partial charge in [-0.2, -0.15) is 0 Å². The smallest absolute Gasteiger partial charge is 0.253 e. The molecule has 0 saturated heterocycles. The van der Waals surface area contributed by atoms with Crippen LogP contribution >= 0.6 is 0 Å². The number of carbonyl (C=O) groups is 1. The van der Waals surface area contributed by atoms with E-state index in [2.05, 4.69) is 37.5 Å². The van der Waals surface area contributed by atoms with E-state index in [4.69, 9.17) is 0 Å². The van der Waals surface area contributed by atoms with Crippen molar-refractivity contribution in [2.45, 2.75) is 46.1 Å². The van der Waals surface area contributed by atoms with E-state index in [-0.39, 0.29) is 11.9 Å². The van der Waals surface area contributed by atoms with E-state index in [0.717, 1.165) is 37.1 Å². The Kier molecular flexibility index (Phi) is 4.46. The number of carbonyl (C=O) groups excluding carboxylic acids is 1. The minimum absolute atomic E-state index is 0.0411. The van der Waals surface area contributed by atoms with Crippen LogP contribution in [0.25, 0.3) is 0 Å². The van der Waals surface area contributed by atoms with Crippen LogP contribution in [0.1, 0.15) is 49.5 Å². The highest BCUT2D eigenvalue weighted by Gasteiger charge is 2.18. The second-order valence-corrected chi connectivity index (χ2v) is 5.87. The van der Waals surface area contributed by atoms with E-state index in [1.165, 1.54) is 5.56 Å². The summed E-state index contributed by atoms with van der Waals surface area (Å²) in [5.41, 5.74) is 3.08. The minimum Gasteiger partial charge on any atom is -0.384 e. The zero-order valence-corrected chi connectivity index (χ0v) is 12.1.